The Balaban J connectivity index is 1.89. The lowest BCUT2D eigenvalue weighted by Gasteiger charge is -2.36. The van der Waals surface area contributed by atoms with Crippen LogP contribution in [0.1, 0.15) is 19.4 Å². The number of benzene rings is 1. The highest BCUT2D eigenvalue weighted by atomic mass is 16.5. The number of fused-ring (bicyclic) bond motifs is 1. The van der Waals surface area contributed by atoms with Crippen molar-refractivity contribution in [2.24, 2.45) is 0 Å². The maximum absolute atomic E-state index is 6.20. The second kappa shape index (κ2) is 5.23. The molecule has 112 valence electrons. The average Bonchev–Trinajstić information content (AvgIpc) is 2.46. The van der Waals surface area contributed by atoms with Crippen LogP contribution in [-0.4, -0.2) is 43.7 Å². The van der Waals surface area contributed by atoms with E-state index in [1.54, 1.807) is 0 Å². The largest absolute Gasteiger partial charge is 0.482 e. The van der Waals surface area contributed by atoms with Crippen LogP contribution in [0.3, 0.4) is 0 Å². The molecule has 21 heavy (non-hydrogen) atoms. The van der Waals surface area contributed by atoms with E-state index in [-0.39, 0.29) is 5.60 Å². The number of anilines is 1. The summed E-state index contributed by atoms with van der Waals surface area (Å²) in [5.74, 6) is 0.974. The van der Waals surface area contributed by atoms with Gasteiger partial charge in [-0.25, -0.2) is 0 Å². The summed E-state index contributed by atoms with van der Waals surface area (Å²) >= 11 is 0. The molecule has 3 nitrogen and oxygen atoms in total. The van der Waals surface area contributed by atoms with Gasteiger partial charge in [-0.1, -0.05) is 12.7 Å². The predicted molar refractivity (Wildman–Crippen MR) is 89.0 cm³/mol. The first-order valence-corrected chi connectivity index (χ1v) is 7.61. The molecular weight excluding hydrogens is 260 g/mol. The lowest BCUT2D eigenvalue weighted by molar-refractivity contribution is 0.149. The summed E-state index contributed by atoms with van der Waals surface area (Å²) in [6.07, 6.45) is 4.07. The Morgan fingerprint density at radius 2 is 1.90 bits per heavy atom. The molecule has 1 aromatic carbocycles. The minimum atomic E-state index is -0.310. The van der Waals surface area contributed by atoms with Crippen LogP contribution in [0, 0.1) is 0 Å². The van der Waals surface area contributed by atoms with Crippen molar-refractivity contribution in [2.75, 3.05) is 38.1 Å². The number of piperazine rings is 1. The van der Waals surface area contributed by atoms with Gasteiger partial charge in [-0.15, -0.1) is 0 Å². The summed E-state index contributed by atoms with van der Waals surface area (Å²) in [5.41, 5.74) is 3.22. The molecular formula is C18H24N2O. The van der Waals surface area contributed by atoms with Crippen LogP contribution >= 0.6 is 0 Å². The van der Waals surface area contributed by atoms with E-state index in [0.29, 0.717) is 0 Å². The van der Waals surface area contributed by atoms with E-state index in [0.717, 1.165) is 43.1 Å². The maximum atomic E-state index is 6.20. The molecule has 0 radical (unpaired) electrons. The lowest BCUT2D eigenvalue weighted by atomic mass is 9.92. The van der Waals surface area contributed by atoms with Gasteiger partial charge in [-0.2, -0.15) is 0 Å². The summed E-state index contributed by atoms with van der Waals surface area (Å²) in [4.78, 5) is 4.80. The smallest absolute Gasteiger partial charge is 0.129 e. The molecule has 1 saturated heterocycles. The fourth-order valence-corrected chi connectivity index (χ4v) is 2.97. The number of ether oxygens (including phenoxy) is 1. The molecule has 2 aliphatic rings. The summed E-state index contributed by atoms with van der Waals surface area (Å²) in [5, 5.41) is 0. The van der Waals surface area contributed by atoms with Crippen molar-refractivity contribution in [3.05, 3.63) is 42.0 Å². The number of nitrogens with zero attached hydrogens (tertiary/aromatic N) is 2. The quantitative estimate of drug-likeness (QED) is 0.829. The normalized spacial score (nSPS) is 21.3. The SMILES string of the molecule is C=CC1=Cc2ccc(N3CCN(C)CC3)cc2OC1(C)C. The van der Waals surface area contributed by atoms with Gasteiger partial charge in [-0.3, -0.25) is 0 Å². The van der Waals surface area contributed by atoms with Crippen molar-refractivity contribution in [3.63, 3.8) is 0 Å². The van der Waals surface area contributed by atoms with Gasteiger partial charge < -0.3 is 14.5 Å². The molecule has 0 saturated carbocycles. The molecule has 0 N–H and O–H groups in total. The standard InChI is InChI=1S/C18H24N2O/c1-5-15-12-14-6-7-16(13-17(14)21-18(15,2)3)20-10-8-19(4)9-11-20/h5-7,12-13H,1,8-11H2,2-4H3. The van der Waals surface area contributed by atoms with Crippen LogP contribution < -0.4 is 9.64 Å². The molecule has 0 amide bonds. The Hall–Kier alpha value is -1.74. The number of hydrogen-bond acceptors (Lipinski definition) is 3. The van der Waals surface area contributed by atoms with Crippen molar-refractivity contribution >= 4 is 11.8 Å². The lowest BCUT2D eigenvalue weighted by Crippen LogP contribution is -2.44. The monoisotopic (exact) mass is 284 g/mol. The van der Waals surface area contributed by atoms with E-state index >= 15 is 0 Å². The molecule has 3 rings (SSSR count). The van der Waals surface area contributed by atoms with Crippen molar-refractivity contribution in [1.29, 1.82) is 0 Å². The van der Waals surface area contributed by atoms with Gasteiger partial charge in [0.25, 0.3) is 0 Å². The molecule has 0 aliphatic carbocycles. The van der Waals surface area contributed by atoms with Gasteiger partial charge in [0.1, 0.15) is 11.4 Å². The van der Waals surface area contributed by atoms with Gasteiger partial charge in [0, 0.05) is 43.5 Å². The van der Waals surface area contributed by atoms with E-state index in [1.807, 2.05) is 6.08 Å². The van der Waals surface area contributed by atoms with Gasteiger partial charge in [-0.05, 0) is 44.7 Å². The molecule has 3 heteroatoms. The third kappa shape index (κ3) is 2.70. The minimum absolute atomic E-state index is 0.310. The van der Waals surface area contributed by atoms with E-state index < -0.39 is 0 Å². The van der Waals surface area contributed by atoms with Gasteiger partial charge in [0.2, 0.25) is 0 Å². The highest BCUT2D eigenvalue weighted by Gasteiger charge is 2.29. The van der Waals surface area contributed by atoms with Crippen LogP contribution in [0.5, 0.6) is 5.75 Å². The van der Waals surface area contributed by atoms with Crippen LogP contribution in [0.25, 0.3) is 6.08 Å². The Morgan fingerprint density at radius 3 is 2.57 bits per heavy atom. The molecule has 0 aromatic heterocycles. The third-order valence-electron chi connectivity index (χ3n) is 4.46. The van der Waals surface area contributed by atoms with Crippen LogP contribution in [0.2, 0.25) is 0 Å². The molecule has 2 heterocycles. The first-order valence-electron chi connectivity index (χ1n) is 7.61. The molecule has 1 fully saturated rings. The number of hydrogen-bond donors (Lipinski definition) is 0. The molecule has 1 aromatic rings. The molecule has 0 unspecified atom stereocenters. The first-order chi connectivity index (χ1) is 9.99. The summed E-state index contributed by atoms with van der Waals surface area (Å²) in [6, 6.07) is 6.53. The molecule has 2 aliphatic heterocycles. The third-order valence-corrected chi connectivity index (χ3v) is 4.46. The van der Waals surface area contributed by atoms with Crippen molar-refractivity contribution < 1.29 is 4.74 Å². The maximum Gasteiger partial charge on any atom is 0.129 e. The van der Waals surface area contributed by atoms with Gasteiger partial charge in [0.15, 0.2) is 0 Å². The molecule has 0 bridgehead atoms. The zero-order valence-electron chi connectivity index (χ0n) is 13.2. The Kier molecular flexibility index (Phi) is 3.54. The first kappa shape index (κ1) is 14.2. The van der Waals surface area contributed by atoms with E-state index in [9.17, 15) is 0 Å². The van der Waals surface area contributed by atoms with Crippen LogP contribution in [-0.2, 0) is 0 Å². The second-order valence-corrected chi connectivity index (χ2v) is 6.43. The highest BCUT2D eigenvalue weighted by Crippen LogP contribution is 2.38. The topological polar surface area (TPSA) is 15.7 Å². The highest BCUT2D eigenvalue weighted by molar-refractivity contribution is 5.70. The molecule has 0 spiro atoms. The zero-order chi connectivity index (χ0) is 15.0. The number of likely N-dealkylation sites (N-methyl/N-ethyl adjacent to an activating group) is 1. The minimum Gasteiger partial charge on any atom is -0.482 e. The van der Waals surface area contributed by atoms with Gasteiger partial charge >= 0.3 is 0 Å². The Morgan fingerprint density at radius 1 is 1.19 bits per heavy atom. The predicted octanol–water partition coefficient (Wildman–Crippen LogP) is 3.18. The van der Waals surface area contributed by atoms with E-state index in [1.165, 1.54) is 5.69 Å². The summed E-state index contributed by atoms with van der Waals surface area (Å²) in [7, 11) is 2.18. The fourth-order valence-electron chi connectivity index (χ4n) is 2.97. The zero-order valence-corrected chi connectivity index (χ0v) is 13.2. The van der Waals surface area contributed by atoms with Crippen LogP contribution in [0.15, 0.2) is 36.4 Å². The van der Waals surface area contributed by atoms with E-state index in [2.05, 4.69) is 61.5 Å². The average molecular weight is 284 g/mol. The van der Waals surface area contributed by atoms with Gasteiger partial charge in [0.05, 0.1) is 0 Å². The Bertz CT molecular complexity index is 581. The van der Waals surface area contributed by atoms with Crippen LogP contribution in [0.4, 0.5) is 5.69 Å². The summed E-state index contributed by atoms with van der Waals surface area (Å²) in [6.45, 7) is 12.5. The molecule has 0 atom stereocenters. The van der Waals surface area contributed by atoms with Crippen molar-refractivity contribution in [3.8, 4) is 5.75 Å². The fraction of sp³-hybridized carbons (Fsp3) is 0.444. The number of rotatable bonds is 2. The van der Waals surface area contributed by atoms with E-state index in [4.69, 9.17) is 4.74 Å². The van der Waals surface area contributed by atoms with Crippen molar-refractivity contribution in [2.45, 2.75) is 19.4 Å². The Labute approximate surface area is 127 Å². The summed E-state index contributed by atoms with van der Waals surface area (Å²) < 4.78 is 6.20. The second-order valence-electron chi connectivity index (χ2n) is 6.43. The van der Waals surface area contributed by atoms with Crippen molar-refractivity contribution in [1.82, 2.24) is 4.90 Å².